The van der Waals surface area contributed by atoms with Crippen LogP contribution in [0.25, 0.3) is 5.65 Å². The summed E-state index contributed by atoms with van der Waals surface area (Å²) in [6.07, 6.45) is 4.00. The molecular weight excluding hydrogens is 318 g/mol. The van der Waals surface area contributed by atoms with Crippen LogP contribution >= 0.6 is 0 Å². The second-order valence-electron chi connectivity index (χ2n) is 7.83. The molecule has 4 heterocycles. The van der Waals surface area contributed by atoms with Crippen molar-refractivity contribution >= 4 is 5.65 Å². The van der Waals surface area contributed by atoms with Gasteiger partial charge < -0.3 is 15.0 Å². The Morgan fingerprint density at radius 2 is 2.16 bits per heavy atom. The molecule has 0 radical (unpaired) electrons. The van der Waals surface area contributed by atoms with Crippen LogP contribution in [-0.2, 0) is 11.3 Å². The van der Waals surface area contributed by atoms with E-state index in [1.165, 1.54) is 0 Å². The molecule has 0 amide bonds. The number of aromatic nitrogens is 3. The van der Waals surface area contributed by atoms with Crippen molar-refractivity contribution < 1.29 is 4.74 Å². The first-order valence-electron chi connectivity index (χ1n) is 9.19. The molecule has 25 heavy (non-hydrogen) atoms. The van der Waals surface area contributed by atoms with E-state index in [2.05, 4.69) is 34.1 Å². The smallest absolute Gasteiger partial charge is 0.251 e. The van der Waals surface area contributed by atoms with Crippen molar-refractivity contribution in [3.05, 3.63) is 33.9 Å². The van der Waals surface area contributed by atoms with Gasteiger partial charge in [-0.3, -0.25) is 9.69 Å². The predicted octanol–water partition coefficient (Wildman–Crippen LogP) is 1.10. The van der Waals surface area contributed by atoms with Crippen molar-refractivity contribution in [1.29, 1.82) is 0 Å². The topological polar surface area (TPSA) is 74.7 Å². The first-order chi connectivity index (χ1) is 12.0. The summed E-state index contributed by atoms with van der Waals surface area (Å²) in [6, 6.07) is 1.72. The van der Waals surface area contributed by atoms with Gasteiger partial charge in [-0.15, -0.1) is 0 Å². The average molecular weight is 345 g/mol. The van der Waals surface area contributed by atoms with E-state index >= 15 is 0 Å². The number of rotatable bonds is 3. The summed E-state index contributed by atoms with van der Waals surface area (Å²) in [5.74, 6) is 0.390. The normalized spacial score (nSPS) is 22.5. The molecule has 7 heteroatoms. The van der Waals surface area contributed by atoms with Gasteiger partial charge in [-0.05, 0) is 39.8 Å². The lowest BCUT2D eigenvalue weighted by Crippen LogP contribution is -2.47. The molecule has 2 aromatic rings. The standard InChI is InChI=1S/C18H27N5O2/c1-18(2)12-22(7-8-25-18)11-14-10-20-23-15(9-16(24)21-17(14)23)13-3-5-19-6-4-13/h9-10,13,19H,3-8,11-12H2,1-2H3,(H,21,24). The van der Waals surface area contributed by atoms with Gasteiger partial charge in [-0.2, -0.15) is 5.10 Å². The number of ether oxygens (including phenoxy) is 1. The van der Waals surface area contributed by atoms with Gasteiger partial charge in [-0.1, -0.05) is 0 Å². The SMILES string of the molecule is CC1(C)CN(Cc2cnn3c(C4CCNCC4)cc(=O)[nH]c23)CCO1. The zero-order valence-electron chi connectivity index (χ0n) is 15.0. The number of hydrogen-bond acceptors (Lipinski definition) is 5. The summed E-state index contributed by atoms with van der Waals surface area (Å²) in [5, 5.41) is 7.99. The van der Waals surface area contributed by atoms with Crippen molar-refractivity contribution in [2.75, 3.05) is 32.8 Å². The summed E-state index contributed by atoms with van der Waals surface area (Å²) in [7, 11) is 0. The first kappa shape index (κ1) is 16.8. The van der Waals surface area contributed by atoms with Gasteiger partial charge in [0.1, 0.15) is 5.65 Å². The van der Waals surface area contributed by atoms with Crippen molar-refractivity contribution in [3.8, 4) is 0 Å². The number of nitrogens with one attached hydrogen (secondary N) is 2. The van der Waals surface area contributed by atoms with E-state index in [1.807, 2.05) is 10.7 Å². The zero-order chi connectivity index (χ0) is 17.4. The van der Waals surface area contributed by atoms with Crippen LogP contribution in [0.15, 0.2) is 17.1 Å². The lowest BCUT2D eigenvalue weighted by atomic mass is 9.94. The molecule has 0 atom stereocenters. The summed E-state index contributed by atoms with van der Waals surface area (Å²) in [4.78, 5) is 17.6. The molecule has 136 valence electrons. The summed E-state index contributed by atoms with van der Waals surface area (Å²) in [5.41, 5.74) is 2.78. The van der Waals surface area contributed by atoms with Crippen LogP contribution in [0.1, 0.15) is 43.9 Å². The maximum atomic E-state index is 12.2. The van der Waals surface area contributed by atoms with E-state index in [1.54, 1.807) is 6.07 Å². The lowest BCUT2D eigenvalue weighted by Gasteiger charge is -2.38. The maximum absolute atomic E-state index is 12.2. The molecule has 2 saturated heterocycles. The zero-order valence-corrected chi connectivity index (χ0v) is 15.0. The van der Waals surface area contributed by atoms with Gasteiger partial charge in [0.15, 0.2) is 0 Å². The van der Waals surface area contributed by atoms with E-state index in [0.29, 0.717) is 5.92 Å². The lowest BCUT2D eigenvalue weighted by molar-refractivity contribution is -0.0882. The van der Waals surface area contributed by atoms with E-state index < -0.39 is 0 Å². The molecule has 0 unspecified atom stereocenters. The highest BCUT2D eigenvalue weighted by molar-refractivity contribution is 5.47. The molecule has 7 nitrogen and oxygen atoms in total. The molecule has 2 fully saturated rings. The summed E-state index contributed by atoms with van der Waals surface area (Å²) >= 11 is 0. The number of H-pyrrole nitrogens is 1. The molecule has 2 N–H and O–H groups in total. The second kappa shape index (κ2) is 6.55. The molecular formula is C18H27N5O2. The van der Waals surface area contributed by atoms with Gasteiger partial charge in [0, 0.05) is 37.2 Å². The number of hydrogen-bond donors (Lipinski definition) is 2. The fraction of sp³-hybridized carbons (Fsp3) is 0.667. The molecule has 0 saturated carbocycles. The monoisotopic (exact) mass is 345 g/mol. The number of morpholine rings is 1. The Morgan fingerprint density at radius 1 is 1.36 bits per heavy atom. The quantitative estimate of drug-likeness (QED) is 0.871. The van der Waals surface area contributed by atoms with Crippen molar-refractivity contribution in [3.63, 3.8) is 0 Å². The number of nitrogens with zero attached hydrogens (tertiary/aromatic N) is 3. The molecule has 0 bridgehead atoms. The highest BCUT2D eigenvalue weighted by Crippen LogP contribution is 2.25. The fourth-order valence-electron chi connectivity index (χ4n) is 4.07. The van der Waals surface area contributed by atoms with Crippen molar-refractivity contribution in [2.24, 2.45) is 0 Å². The Hall–Kier alpha value is -1.70. The largest absolute Gasteiger partial charge is 0.373 e. The molecule has 0 aliphatic carbocycles. The van der Waals surface area contributed by atoms with E-state index in [4.69, 9.17) is 4.74 Å². The van der Waals surface area contributed by atoms with Gasteiger partial charge in [-0.25, -0.2) is 4.52 Å². The Balaban J connectivity index is 1.64. The number of aromatic amines is 1. The molecule has 2 aliphatic heterocycles. The predicted molar refractivity (Wildman–Crippen MR) is 96.0 cm³/mol. The van der Waals surface area contributed by atoms with Crippen LogP contribution in [0.2, 0.25) is 0 Å². The minimum absolute atomic E-state index is 0.0370. The third-order valence-electron chi connectivity index (χ3n) is 5.27. The molecule has 2 aromatic heterocycles. The highest BCUT2D eigenvalue weighted by atomic mass is 16.5. The highest BCUT2D eigenvalue weighted by Gasteiger charge is 2.28. The van der Waals surface area contributed by atoms with Crippen LogP contribution in [0, 0.1) is 0 Å². The Kier molecular flexibility index (Phi) is 4.39. The van der Waals surface area contributed by atoms with Gasteiger partial charge in [0.25, 0.3) is 5.56 Å². The van der Waals surface area contributed by atoms with E-state index in [9.17, 15) is 4.79 Å². The summed E-state index contributed by atoms with van der Waals surface area (Å²) in [6.45, 7) is 9.52. The van der Waals surface area contributed by atoms with Crippen LogP contribution in [-0.4, -0.2) is 57.9 Å². The minimum atomic E-state index is -0.130. The van der Waals surface area contributed by atoms with Gasteiger partial charge in [0.2, 0.25) is 0 Å². The molecule has 2 aliphatic rings. The Labute approximate surface area is 147 Å². The third-order valence-corrected chi connectivity index (χ3v) is 5.27. The van der Waals surface area contributed by atoms with Crippen LogP contribution in [0.3, 0.4) is 0 Å². The molecule has 0 aromatic carbocycles. The maximum Gasteiger partial charge on any atom is 0.251 e. The van der Waals surface area contributed by atoms with Crippen molar-refractivity contribution in [1.82, 2.24) is 24.8 Å². The Bertz CT molecular complexity index is 803. The van der Waals surface area contributed by atoms with Crippen molar-refractivity contribution in [2.45, 2.75) is 44.8 Å². The third kappa shape index (κ3) is 3.49. The fourth-order valence-corrected chi connectivity index (χ4v) is 4.07. The van der Waals surface area contributed by atoms with Crippen LogP contribution < -0.4 is 10.9 Å². The van der Waals surface area contributed by atoms with Crippen LogP contribution in [0.5, 0.6) is 0 Å². The van der Waals surface area contributed by atoms with Gasteiger partial charge in [0.05, 0.1) is 24.1 Å². The number of fused-ring (bicyclic) bond motifs is 1. The van der Waals surface area contributed by atoms with E-state index in [-0.39, 0.29) is 11.2 Å². The molecule has 4 rings (SSSR count). The first-order valence-corrected chi connectivity index (χ1v) is 9.19. The Morgan fingerprint density at radius 3 is 2.92 bits per heavy atom. The molecule has 0 spiro atoms. The van der Waals surface area contributed by atoms with Gasteiger partial charge >= 0.3 is 0 Å². The second-order valence-corrected chi connectivity index (χ2v) is 7.83. The van der Waals surface area contributed by atoms with E-state index in [0.717, 1.165) is 69.1 Å². The summed E-state index contributed by atoms with van der Waals surface area (Å²) < 4.78 is 7.74. The number of piperidine rings is 1. The minimum Gasteiger partial charge on any atom is -0.373 e. The van der Waals surface area contributed by atoms with Crippen LogP contribution in [0.4, 0.5) is 0 Å². The average Bonchev–Trinajstić information content (AvgIpc) is 2.97.